The van der Waals surface area contributed by atoms with E-state index in [0.717, 1.165) is 30.2 Å². The number of morpholine rings is 1. The maximum absolute atomic E-state index is 13.4. The van der Waals surface area contributed by atoms with Gasteiger partial charge in [-0.3, -0.25) is 9.89 Å². The molecule has 3 rings (SSSR count). The summed E-state index contributed by atoms with van der Waals surface area (Å²) in [4.78, 5) is 6.74. The van der Waals surface area contributed by atoms with Crippen molar-refractivity contribution in [2.75, 3.05) is 39.9 Å². The van der Waals surface area contributed by atoms with Crippen molar-refractivity contribution >= 4 is 29.9 Å². The van der Waals surface area contributed by atoms with Gasteiger partial charge in [-0.25, -0.2) is 4.39 Å². The number of benzene rings is 2. The van der Waals surface area contributed by atoms with Crippen LogP contribution in [0.4, 0.5) is 4.39 Å². The van der Waals surface area contributed by atoms with E-state index in [-0.39, 0.29) is 41.9 Å². The summed E-state index contributed by atoms with van der Waals surface area (Å²) in [7, 11) is 1.77. The quantitative estimate of drug-likeness (QED) is 0.270. The van der Waals surface area contributed by atoms with Gasteiger partial charge in [-0.15, -0.1) is 24.0 Å². The van der Waals surface area contributed by atoms with Crippen molar-refractivity contribution in [3.8, 4) is 0 Å². The molecule has 1 unspecified atom stereocenters. The third-order valence-corrected chi connectivity index (χ3v) is 5.49. The van der Waals surface area contributed by atoms with Crippen LogP contribution in [0.5, 0.6) is 0 Å². The zero-order valence-electron chi connectivity index (χ0n) is 19.7. The average molecular weight is 570 g/mol. The van der Waals surface area contributed by atoms with Gasteiger partial charge in [0, 0.05) is 33.2 Å². The Hall–Kier alpha value is -1.75. The Labute approximate surface area is 214 Å². The van der Waals surface area contributed by atoms with Gasteiger partial charge in [-0.1, -0.05) is 36.4 Å². The lowest BCUT2D eigenvalue weighted by molar-refractivity contribution is 0.0170. The fourth-order valence-corrected chi connectivity index (χ4v) is 3.65. The van der Waals surface area contributed by atoms with Crippen LogP contribution in [0.3, 0.4) is 0 Å². The van der Waals surface area contributed by atoms with Crippen molar-refractivity contribution in [1.82, 2.24) is 15.5 Å². The van der Waals surface area contributed by atoms with Crippen molar-refractivity contribution in [2.45, 2.75) is 39.1 Å². The number of hydrogen-bond donors (Lipinski definition) is 2. The van der Waals surface area contributed by atoms with Gasteiger partial charge in [0.15, 0.2) is 5.96 Å². The minimum absolute atomic E-state index is 0. The van der Waals surface area contributed by atoms with Gasteiger partial charge >= 0.3 is 0 Å². The van der Waals surface area contributed by atoms with Crippen molar-refractivity contribution in [3.63, 3.8) is 0 Å². The van der Waals surface area contributed by atoms with E-state index >= 15 is 0 Å². The lowest BCUT2D eigenvalue weighted by Gasteiger charge is -2.35. The molecule has 2 N–H and O–H groups in total. The van der Waals surface area contributed by atoms with E-state index in [4.69, 9.17) is 9.47 Å². The van der Waals surface area contributed by atoms with Crippen LogP contribution in [-0.4, -0.2) is 56.9 Å². The van der Waals surface area contributed by atoms with Crippen LogP contribution in [0, 0.1) is 5.82 Å². The normalized spacial score (nSPS) is 15.7. The summed E-state index contributed by atoms with van der Waals surface area (Å²) in [6, 6.07) is 15.3. The molecule has 0 amide bonds. The Kier molecular flexibility index (Phi) is 12.1. The molecule has 0 radical (unpaired) electrons. The van der Waals surface area contributed by atoms with Crippen LogP contribution < -0.4 is 10.6 Å². The van der Waals surface area contributed by atoms with Gasteiger partial charge < -0.3 is 20.1 Å². The summed E-state index contributed by atoms with van der Waals surface area (Å²) in [6.07, 6.45) is 0.224. The van der Waals surface area contributed by atoms with Gasteiger partial charge in [-0.05, 0) is 42.7 Å². The smallest absolute Gasteiger partial charge is 0.191 e. The first-order chi connectivity index (χ1) is 15.5. The second-order valence-electron chi connectivity index (χ2n) is 8.20. The summed E-state index contributed by atoms with van der Waals surface area (Å²) >= 11 is 0. The first-order valence-electron chi connectivity index (χ1n) is 11.3. The topological polar surface area (TPSA) is 58.1 Å². The van der Waals surface area contributed by atoms with Gasteiger partial charge in [0.25, 0.3) is 0 Å². The van der Waals surface area contributed by atoms with E-state index in [1.807, 2.05) is 26.0 Å². The zero-order chi connectivity index (χ0) is 22.8. The number of nitrogens with one attached hydrogen (secondary N) is 2. The molecule has 0 saturated carbocycles. The molecule has 1 heterocycles. The third kappa shape index (κ3) is 9.19. The summed E-state index contributed by atoms with van der Waals surface area (Å²) in [5.74, 6) is 0.513. The fraction of sp³-hybridized carbons (Fsp3) is 0.480. The number of guanidine groups is 1. The molecule has 1 aliphatic rings. The van der Waals surface area contributed by atoms with Crippen LogP contribution in [0.15, 0.2) is 53.5 Å². The highest BCUT2D eigenvalue weighted by molar-refractivity contribution is 14.0. The Bertz CT molecular complexity index is 840. The second kappa shape index (κ2) is 14.5. The zero-order valence-corrected chi connectivity index (χ0v) is 22.1. The summed E-state index contributed by atoms with van der Waals surface area (Å²) < 4.78 is 24.6. The van der Waals surface area contributed by atoms with E-state index in [2.05, 4.69) is 44.8 Å². The number of rotatable bonds is 9. The molecule has 0 spiro atoms. The number of ether oxygens (including phenoxy) is 2. The Morgan fingerprint density at radius 3 is 2.27 bits per heavy atom. The highest BCUT2D eigenvalue weighted by atomic mass is 127. The SMILES string of the molecule is CN=C(NCc1ccc(COC(C)C)cc1)NCC(c1ccc(F)cc1)N1CCOCC1.I. The van der Waals surface area contributed by atoms with Crippen LogP contribution in [0.2, 0.25) is 0 Å². The monoisotopic (exact) mass is 570 g/mol. The maximum Gasteiger partial charge on any atom is 0.191 e. The second-order valence-corrected chi connectivity index (χ2v) is 8.20. The number of aliphatic imine (C=N–C) groups is 1. The van der Waals surface area contributed by atoms with Crippen LogP contribution >= 0.6 is 24.0 Å². The minimum atomic E-state index is -0.221. The molecular formula is C25H36FIN4O2. The van der Waals surface area contributed by atoms with Gasteiger partial charge in [0.05, 0.1) is 32.0 Å². The van der Waals surface area contributed by atoms with Gasteiger partial charge in [0.1, 0.15) is 5.82 Å². The molecule has 33 heavy (non-hydrogen) atoms. The van der Waals surface area contributed by atoms with Crippen molar-refractivity contribution < 1.29 is 13.9 Å². The van der Waals surface area contributed by atoms with E-state index in [1.54, 1.807) is 7.05 Å². The summed E-state index contributed by atoms with van der Waals surface area (Å²) in [5, 5.41) is 6.82. The Morgan fingerprint density at radius 2 is 1.67 bits per heavy atom. The minimum Gasteiger partial charge on any atom is -0.379 e. The van der Waals surface area contributed by atoms with E-state index in [0.29, 0.717) is 32.9 Å². The largest absolute Gasteiger partial charge is 0.379 e. The summed E-state index contributed by atoms with van der Waals surface area (Å²) in [6.45, 7) is 9.16. The standard InChI is InChI=1S/C25H35FN4O2.HI/c1-19(2)32-18-21-6-4-20(5-7-21)16-28-25(27-3)29-17-24(30-12-14-31-15-13-30)22-8-10-23(26)11-9-22;/h4-11,19,24H,12-18H2,1-3H3,(H2,27,28,29);1H. The summed E-state index contributed by atoms with van der Waals surface area (Å²) in [5.41, 5.74) is 3.41. The molecule has 0 aromatic heterocycles. The predicted octanol–water partition coefficient (Wildman–Crippen LogP) is 4.11. The number of hydrogen-bond acceptors (Lipinski definition) is 4. The first-order valence-corrected chi connectivity index (χ1v) is 11.3. The maximum atomic E-state index is 13.4. The molecule has 1 saturated heterocycles. The molecule has 8 heteroatoms. The average Bonchev–Trinajstić information content (AvgIpc) is 2.82. The van der Waals surface area contributed by atoms with Crippen molar-refractivity contribution in [3.05, 3.63) is 71.0 Å². The Balaban J connectivity index is 0.00000385. The molecule has 0 aliphatic carbocycles. The highest BCUT2D eigenvalue weighted by Gasteiger charge is 2.23. The van der Waals surface area contributed by atoms with Crippen LogP contribution in [0.1, 0.15) is 36.6 Å². The van der Waals surface area contributed by atoms with Gasteiger partial charge in [-0.2, -0.15) is 0 Å². The molecule has 2 aromatic rings. The molecule has 1 atom stereocenters. The molecule has 2 aromatic carbocycles. The lowest BCUT2D eigenvalue weighted by atomic mass is 10.0. The third-order valence-electron chi connectivity index (χ3n) is 5.49. The Morgan fingerprint density at radius 1 is 1.03 bits per heavy atom. The van der Waals surface area contributed by atoms with E-state index in [1.165, 1.54) is 17.7 Å². The lowest BCUT2D eigenvalue weighted by Crippen LogP contribution is -2.46. The fourth-order valence-electron chi connectivity index (χ4n) is 3.65. The van der Waals surface area contributed by atoms with Gasteiger partial charge in [0.2, 0.25) is 0 Å². The molecular weight excluding hydrogens is 534 g/mol. The first kappa shape index (κ1) is 27.5. The van der Waals surface area contributed by atoms with E-state index in [9.17, 15) is 4.39 Å². The molecule has 182 valence electrons. The van der Waals surface area contributed by atoms with E-state index < -0.39 is 0 Å². The van der Waals surface area contributed by atoms with Crippen LogP contribution in [0.25, 0.3) is 0 Å². The highest BCUT2D eigenvalue weighted by Crippen LogP contribution is 2.21. The van der Waals surface area contributed by atoms with Crippen molar-refractivity contribution in [2.24, 2.45) is 4.99 Å². The number of nitrogens with zero attached hydrogens (tertiary/aromatic N) is 2. The van der Waals surface area contributed by atoms with Crippen LogP contribution in [-0.2, 0) is 22.6 Å². The molecule has 1 fully saturated rings. The number of halogens is 2. The predicted molar refractivity (Wildman–Crippen MR) is 142 cm³/mol. The molecule has 0 bridgehead atoms. The molecule has 1 aliphatic heterocycles. The molecule has 6 nitrogen and oxygen atoms in total. The van der Waals surface area contributed by atoms with Crippen molar-refractivity contribution in [1.29, 1.82) is 0 Å².